The van der Waals surface area contributed by atoms with Crippen LogP contribution in [0.2, 0.25) is 0 Å². The quantitative estimate of drug-likeness (QED) is 0.673. The highest BCUT2D eigenvalue weighted by atomic mass is 16.1. The molecular weight excluding hydrogens is 198 g/mol. The summed E-state index contributed by atoms with van der Waals surface area (Å²) in [6, 6.07) is 10.1. The van der Waals surface area contributed by atoms with Crippen LogP contribution < -0.4 is 0 Å². The molecule has 1 rings (SSSR count). The van der Waals surface area contributed by atoms with E-state index >= 15 is 0 Å². The Hall–Kier alpha value is -1.31. The summed E-state index contributed by atoms with van der Waals surface area (Å²) in [5, 5.41) is 0. The topological polar surface area (TPSA) is 20.3 Å². The van der Waals surface area contributed by atoms with Crippen LogP contribution >= 0.6 is 0 Å². The Morgan fingerprint density at radius 1 is 1.19 bits per heavy atom. The lowest BCUT2D eigenvalue weighted by molar-refractivity contribution is -0.118. The first-order valence-corrected chi connectivity index (χ1v) is 6.10. The van der Waals surface area contributed by atoms with Crippen LogP contribution in [0.15, 0.2) is 30.3 Å². The van der Waals surface area contributed by atoms with Crippen LogP contribution in [0, 0.1) is 0 Å². The summed E-state index contributed by atoms with van der Waals surface area (Å²) in [4.78, 5) is 12.6. The second-order valence-corrected chi connectivity index (χ2v) is 3.42. The van der Waals surface area contributed by atoms with Crippen molar-refractivity contribution in [3.63, 3.8) is 0 Å². The summed E-state index contributed by atoms with van der Waals surface area (Å²) in [7, 11) is 0. The van der Waals surface area contributed by atoms with E-state index in [1.165, 1.54) is 5.56 Å². The molecular formula is C14H23NO. The monoisotopic (exact) mass is 221 g/mol. The molecule has 0 fully saturated rings. The Morgan fingerprint density at radius 2 is 1.81 bits per heavy atom. The van der Waals surface area contributed by atoms with E-state index in [1.807, 2.05) is 49.1 Å². The third-order valence-electron chi connectivity index (χ3n) is 2.18. The third kappa shape index (κ3) is 6.23. The van der Waals surface area contributed by atoms with Gasteiger partial charge in [0, 0.05) is 13.1 Å². The van der Waals surface area contributed by atoms with Crippen molar-refractivity contribution in [3.8, 4) is 0 Å². The third-order valence-corrected chi connectivity index (χ3v) is 2.18. The van der Waals surface area contributed by atoms with Gasteiger partial charge in [0.2, 0.25) is 6.41 Å². The number of carbonyl (C=O) groups is 1. The molecule has 0 saturated carbocycles. The highest BCUT2D eigenvalue weighted by Gasteiger charge is 2.00. The Labute approximate surface area is 99.3 Å². The van der Waals surface area contributed by atoms with Gasteiger partial charge >= 0.3 is 0 Å². The second kappa shape index (κ2) is 10.2. The lowest BCUT2D eigenvalue weighted by atomic mass is 10.2. The predicted octanol–water partition coefficient (Wildman–Crippen LogP) is 3.47. The van der Waals surface area contributed by atoms with Crippen LogP contribution in [-0.4, -0.2) is 17.9 Å². The van der Waals surface area contributed by atoms with E-state index in [0.717, 1.165) is 32.3 Å². The van der Waals surface area contributed by atoms with Crippen molar-refractivity contribution in [1.29, 1.82) is 0 Å². The van der Waals surface area contributed by atoms with Gasteiger partial charge in [-0.1, -0.05) is 57.5 Å². The summed E-state index contributed by atoms with van der Waals surface area (Å²) in [5.74, 6) is 0. The molecule has 0 bridgehead atoms. The van der Waals surface area contributed by atoms with Crippen molar-refractivity contribution in [2.24, 2.45) is 0 Å². The Morgan fingerprint density at radius 3 is 2.31 bits per heavy atom. The van der Waals surface area contributed by atoms with Gasteiger partial charge < -0.3 is 4.90 Å². The molecule has 16 heavy (non-hydrogen) atoms. The van der Waals surface area contributed by atoms with Gasteiger partial charge in [0.25, 0.3) is 0 Å². The number of benzene rings is 1. The van der Waals surface area contributed by atoms with E-state index in [-0.39, 0.29) is 0 Å². The minimum atomic E-state index is 0.727. The molecule has 0 aliphatic carbocycles. The van der Waals surface area contributed by atoms with Crippen LogP contribution in [0.5, 0.6) is 0 Å². The first-order valence-electron chi connectivity index (χ1n) is 6.10. The number of unbranched alkanes of at least 4 members (excludes halogenated alkanes) is 1. The molecule has 0 aromatic heterocycles. The molecule has 0 aliphatic rings. The maximum atomic E-state index is 10.7. The summed E-state index contributed by atoms with van der Waals surface area (Å²) in [5.41, 5.74) is 1.19. The largest absolute Gasteiger partial charge is 0.341 e. The van der Waals surface area contributed by atoms with Gasteiger partial charge in [-0.05, 0) is 12.0 Å². The van der Waals surface area contributed by atoms with Crippen molar-refractivity contribution >= 4 is 6.41 Å². The van der Waals surface area contributed by atoms with Gasteiger partial charge in [0.15, 0.2) is 0 Å². The summed E-state index contributed by atoms with van der Waals surface area (Å²) < 4.78 is 0. The maximum Gasteiger partial charge on any atom is 0.210 e. The zero-order valence-electron chi connectivity index (χ0n) is 10.6. The second-order valence-electron chi connectivity index (χ2n) is 3.42. The van der Waals surface area contributed by atoms with Gasteiger partial charge in [0.1, 0.15) is 0 Å². The van der Waals surface area contributed by atoms with Crippen LogP contribution in [0.25, 0.3) is 0 Å². The number of rotatable bonds is 6. The van der Waals surface area contributed by atoms with Crippen LogP contribution in [0.4, 0.5) is 0 Å². The minimum Gasteiger partial charge on any atom is -0.341 e. The van der Waals surface area contributed by atoms with Crippen LogP contribution in [0.1, 0.15) is 39.2 Å². The summed E-state index contributed by atoms with van der Waals surface area (Å²) >= 11 is 0. The number of amides is 1. The normalized spacial score (nSPS) is 8.94. The number of nitrogens with zero attached hydrogens (tertiary/aromatic N) is 1. The Bertz CT molecular complexity index is 259. The van der Waals surface area contributed by atoms with Crippen LogP contribution in [0.3, 0.4) is 0 Å². The van der Waals surface area contributed by atoms with E-state index in [1.54, 1.807) is 0 Å². The first-order chi connectivity index (χ1) is 7.86. The summed E-state index contributed by atoms with van der Waals surface area (Å²) in [6.45, 7) is 7.71. The zero-order valence-corrected chi connectivity index (χ0v) is 10.6. The average molecular weight is 221 g/mol. The fraction of sp³-hybridized carbons (Fsp3) is 0.500. The zero-order chi connectivity index (χ0) is 12.2. The fourth-order valence-electron chi connectivity index (χ4n) is 1.35. The fourth-order valence-corrected chi connectivity index (χ4v) is 1.35. The van der Waals surface area contributed by atoms with E-state index in [2.05, 4.69) is 6.92 Å². The molecule has 0 heterocycles. The lowest BCUT2D eigenvalue weighted by Crippen LogP contribution is -2.22. The molecule has 1 aromatic rings. The molecule has 2 nitrogen and oxygen atoms in total. The first kappa shape index (κ1) is 14.7. The van der Waals surface area contributed by atoms with Gasteiger partial charge in [-0.3, -0.25) is 4.79 Å². The number of hydrogen-bond donors (Lipinski definition) is 0. The van der Waals surface area contributed by atoms with E-state index in [0.29, 0.717) is 0 Å². The smallest absolute Gasteiger partial charge is 0.210 e. The van der Waals surface area contributed by atoms with Crippen molar-refractivity contribution in [2.45, 2.75) is 40.2 Å². The minimum absolute atomic E-state index is 0.727. The van der Waals surface area contributed by atoms with Gasteiger partial charge in [-0.25, -0.2) is 0 Å². The molecule has 0 saturated heterocycles. The standard InChI is InChI=1S/C12H17NO.C2H6/c1-2-3-9-13(11-14)10-12-7-5-4-6-8-12;1-2/h4-8,11H,2-3,9-10H2,1H3;1-2H3. The van der Waals surface area contributed by atoms with Gasteiger partial charge in [-0.15, -0.1) is 0 Å². The van der Waals surface area contributed by atoms with Crippen molar-refractivity contribution in [1.82, 2.24) is 4.90 Å². The summed E-state index contributed by atoms with van der Waals surface area (Å²) in [6.07, 6.45) is 3.13. The molecule has 1 aromatic carbocycles. The molecule has 0 atom stereocenters. The van der Waals surface area contributed by atoms with E-state index in [4.69, 9.17) is 0 Å². The molecule has 1 amide bonds. The molecule has 0 radical (unpaired) electrons. The number of hydrogen-bond acceptors (Lipinski definition) is 1. The molecule has 0 aliphatic heterocycles. The predicted molar refractivity (Wildman–Crippen MR) is 69.2 cm³/mol. The lowest BCUT2D eigenvalue weighted by Gasteiger charge is -2.16. The van der Waals surface area contributed by atoms with Crippen molar-refractivity contribution < 1.29 is 4.79 Å². The van der Waals surface area contributed by atoms with E-state index < -0.39 is 0 Å². The average Bonchev–Trinajstić information content (AvgIpc) is 2.38. The highest BCUT2D eigenvalue weighted by molar-refractivity contribution is 5.47. The maximum absolute atomic E-state index is 10.7. The molecule has 0 unspecified atom stereocenters. The van der Waals surface area contributed by atoms with Crippen LogP contribution in [-0.2, 0) is 11.3 Å². The van der Waals surface area contributed by atoms with Gasteiger partial charge in [0.05, 0.1) is 0 Å². The van der Waals surface area contributed by atoms with Crippen molar-refractivity contribution in [2.75, 3.05) is 6.54 Å². The Balaban J connectivity index is 0.00000106. The SMILES string of the molecule is CC.CCCCN(C=O)Cc1ccccc1. The molecule has 0 spiro atoms. The van der Waals surface area contributed by atoms with E-state index in [9.17, 15) is 4.79 Å². The molecule has 90 valence electrons. The van der Waals surface area contributed by atoms with Gasteiger partial charge in [-0.2, -0.15) is 0 Å². The molecule has 0 N–H and O–H groups in total. The Kier molecular flexibility index (Phi) is 9.38. The number of carbonyl (C=O) groups excluding carboxylic acids is 1. The molecule has 2 heteroatoms. The van der Waals surface area contributed by atoms with Crippen molar-refractivity contribution in [3.05, 3.63) is 35.9 Å². The highest BCUT2D eigenvalue weighted by Crippen LogP contribution is 2.03.